The van der Waals surface area contributed by atoms with Crippen molar-refractivity contribution in [3.05, 3.63) is 71.2 Å². The van der Waals surface area contributed by atoms with Gasteiger partial charge in [-0.25, -0.2) is 4.39 Å². The van der Waals surface area contributed by atoms with Crippen LogP contribution in [0.25, 0.3) is 5.69 Å². The van der Waals surface area contributed by atoms with E-state index in [0.717, 1.165) is 42.0 Å². The number of hydrogen-bond acceptors (Lipinski definition) is 4. The Bertz CT molecular complexity index is 1090. The van der Waals surface area contributed by atoms with Gasteiger partial charge in [-0.1, -0.05) is 30.3 Å². The lowest BCUT2D eigenvalue weighted by molar-refractivity contribution is -0.121. The number of benzene rings is 2. The molecule has 0 spiro atoms. The number of hydrogen-bond donors (Lipinski definition) is 1. The molecule has 3 aromatic rings. The van der Waals surface area contributed by atoms with Gasteiger partial charge in [-0.3, -0.25) is 4.79 Å². The van der Waals surface area contributed by atoms with Crippen molar-refractivity contribution in [3.8, 4) is 17.3 Å². The van der Waals surface area contributed by atoms with Crippen LogP contribution >= 0.6 is 0 Å². The third-order valence-corrected chi connectivity index (χ3v) is 5.68. The molecule has 1 fully saturated rings. The first-order chi connectivity index (χ1) is 15.5. The monoisotopic (exact) mass is 437 g/mol. The van der Waals surface area contributed by atoms with Crippen LogP contribution in [0.5, 0.6) is 11.6 Å². The molecule has 7 heteroatoms. The first-order valence-corrected chi connectivity index (χ1v) is 11.0. The van der Waals surface area contributed by atoms with E-state index < -0.39 is 5.82 Å². The lowest BCUT2D eigenvalue weighted by atomic mass is 10.1. The molecule has 2 aromatic carbocycles. The third-order valence-electron chi connectivity index (χ3n) is 5.68. The fourth-order valence-corrected chi connectivity index (χ4v) is 3.89. The van der Waals surface area contributed by atoms with Gasteiger partial charge < -0.3 is 14.8 Å². The summed E-state index contributed by atoms with van der Waals surface area (Å²) in [5.41, 5.74) is 3.38. The van der Waals surface area contributed by atoms with Crippen molar-refractivity contribution in [1.82, 2.24) is 15.1 Å². The maximum Gasteiger partial charge on any atom is 0.226 e. The maximum absolute atomic E-state index is 14.4. The fraction of sp³-hybridized carbons (Fsp3) is 0.360. The number of rotatable bonds is 8. The van der Waals surface area contributed by atoms with Gasteiger partial charge >= 0.3 is 0 Å². The first-order valence-electron chi connectivity index (χ1n) is 11.0. The van der Waals surface area contributed by atoms with Crippen molar-refractivity contribution in [1.29, 1.82) is 0 Å². The average Bonchev–Trinajstić information content (AvgIpc) is 3.41. The topological polar surface area (TPSA) is 65.4 Å². The molecule has 6 nitrogen and oxygen atoms in total. The van der Waals surface area contributed by atoms with Gasteiger partial charge in [-0.15, -0.1) is 0 Å². The van der Waals surface area contributed by atoms with Crippen LogP contribution in [0.2, 0.25) is 0 Å². The maximum atomic E-state index is 14.4. The summed E-state index contributed by atoms with van der Waals surface area (Å²) in [7, 11) is 0. The quantitative estimate of drug-likeness (QED) is 0.557. The standard InChI is InChI=1S/C25H28FN3O3/c1-17-8-3-5-11-22(17)29-25(32-23-12-6-4-10-21(23)26)20(18(2)28-29)13-14-24(30)27-16-19-9-7-15-31-19/h3-6,8,10-12,19H,7,9,13-16H2,1-2H3,(H,27,30)/t19-/m0/s1. The van der Waals surface area contributed by atoms with Gasteiger partial charge in [0, 0.05) is 25.1 Å². The van der Waals surface area contributed by atoms with E-state index >= 15 is 0 Å². The van der Waals surface area contributed by atoms with Crippen LogP contribution in [0.1, 0.15) is 36.1 Å². The number of halogens is 1. The van der Waals surface area contributed by atoms with E-state index in [4.69, 9.17) is 9.47 Å². The highest BCUT2D eigenvalue weighted by molar-refractivity contribution is 5.76. The van der Waals surface area contributed by atoms with Gasteiger partial charge in [0.05, 0.1) is 17.5 Å². The minimum atomic E-state index is -0.456. The molecule has 2 heterocycles. The number of ether oxygens (including phenoxy) is 2. The zero-order chi connectivity index (χ0) is 22.5. The third kappa shape index (κ3) is 4.99. The number of carbonyl (C=O) groups is 1. The van der Waals surface area contributed by atoms with E-state index in [1.54, 1.807) is 22.9 Å². The van der Waals surface area contributed by atoms with E-state index in [-0.39, 0.29) is 24.2 Å². The van der Waals surface area contributed by atoms with Gasteiger partial charge in [-0.05, 0) is 56.9 Å². The van der Waals surface area contributed by atoms with E-state index in [1.807, 2.05) is 38.1 Å². The number of aryl methyl sites for hydroxylation is 2. The summed E-state index contributed by atoms with van der Waals surface area (Å²) in [6, 6.07) is 14.1. The van der Waals surface area contributed by atoms with Crippen molar-refractivity contribution in [2.45, 2.75) is 45.6 Å². The zero-order valence-electron chi connectivity index (χ0n) is 18.4. The Labute approximate surface area is 187 Å². The molecule has 0 saturated carbocycles. The van der Waals surface area contributed by atoms with Crippen LogP contribution in [0, 0.1) is 19.7 Å². The Morgan fingerprint density at radius 3 is 2.75 bits per heavy atom. The lowest BCUT2D eigenvalue weighted by Gasteiger charge is -2.14. The van der Waals surface area contributed by atoms with Crippen molar-refractivity contribution >= 4 is 5.91 Å². The van der Waals surface area contributed by atoms with Crippen LogP contribution in [0.3, 0.4) is 0 Å². The molecule has 4 rings (SSSR count). The molecule has 168 valence electrons. The SMILES string of the molecule is Cc1ccccc1-n1nc(C)c(CCC(=O)NC[C@@H]2CCCO2)c1Oc1ccccc1F. The molecule has 1 aliphatic rings. The number of carbonyl (C=O) groups excluding carboxylic acids is 1. The van der Waals surface area contributed by atoms with E-state index in [9.17, 15) is 9.18 Å². The molecule has 1 amide bonds. The Kier molecular flexibility index (Phi) is 6.85. The summed E-state index contributed by atoms with van der Waals surface area (Å²) in [6.07, 6.45) is 2.82. The van der Waals surface area contributed by atoms with E-state index in [1.165, 1.54) is 6.07 Å². The lowest BCUT2D eigenvalue weighted by Crippen LogP contribution is -2.31. The summed E-state index contributed by atoms with van der Waals surface area (Å²) in [5.74, 6) is 0.0310. The van der Waals surface area contributed by atoms with Crippen LogP contribution in [-0.4, -0.2) is 34.9 Å². The molecule has 1 N–H and O–H groups in total. The second kappa shape index (κ2) is 9.96. The predicted octanol–water partition coefficient (Wildman–Crippen LogP) is 4.65. The Morgan fingerprint density at radius 1 is 1.22 bits per heavy atom. The number of para-hydroxylation sites is 2. The van der Waals surface area contributed by atoms with E-state index in [2.05, 4.69) is 10.4 Å². The van der Waals surface area contributed by atoms with Gasteiger partial charge in [-0.2, -0.15) is 9.78 Å². The van der Waals surface area contributed by atoms with Crippen LogP contribution < -0.4 is 10.1 Å². The van der Waals surface area contributed by atoms with Crippen molar-refractivity contribution in [3.63, 3.8) is 0 Å². The average molecular weight is 438 g/mol. The second-order valence-electron chi connectivity index (χ2n) is 8.04. The normalized spacial score (nSPS) is 15.7. The first kappa shape index (κ1) is 22.0. The molecule has 32 heavy (non-hydrogen) atoms. The molecule has 0 aliphatic carbocycles. The predicted molar refractivity (Wildman–Crippen MR) is 120 cm³/mol. The summed E-state index contributed by atoms with van der Waals surface area (Å²) >= 11 is 0. The Balaban J connectivity index is 1.58. The summed E-state index contributed by atoms with van der Waals surface area (Å²) in [6.45, 7) is 5.15. The Hall–Kier alpha value is -3.19. The van der Waals surface area contributed by atoms with Gasteiger partial charge in [0.2, 0.25) is 11.8 Å². The van der Waals surface area contributed by atoms with Crippen LogP contribution in [0.4, 0.5) is 4.39 Å². The van der Waals surface area contributed by atoms with Crippen molar-refractivity contribution in [2.24, 2.45) is 0 Å². The molecule has 1 aliphatic heterocycles. The second-order valence-corrected chi connectivity index (χ2v) is 8.04. The molecule has 1 atom stereocenters. The molecule has 1 aromatic heterocycles. The molecular formula is C25H28FN3O3. The molecule has 0 unspecified atom stereocenters. The molecule has 1 saturated heterocycles. The smallest absolute Gasteiger partial charge is 0.226 e. The van der Waals surface area contributed by atoms with Gasteiger partial charge in [0.15, 0.2) is 11.6 Å². The zero-order valence-corrected chi connectivity index (χ0v) is 18.4. The highest BCUT2D eigenvalue weighted by Crippen LogP contribution is 2.33. The number of nitrogens with zero attached hydrogens (tertiary/aromatic N) is 2. The highest BCUT2D eigenvalue weighted by atomic mass is 19.1. The van der Waals surface area contributed by atoms with Crippen LogP contribution in [0.15, 0.2) is 48.5 Å². The summed E-state index contributed by atoms with van der Waals surface area (Å²) < 4.78 is 27.7. The van der Waals surface area contributed by atoms with Gasteiger partial charge in [0.25, 0.3) is 0 Å². The van der Waals surface area contributed by atoms with Crippen LogP contribution in [-0.2, 0) is 16.0 Å². The van der Waals surface area contributed by atoms with Crippen molar-refractivity contribution < 1.29 is 18.7 Å². The van der Waals surface area contributed by atoms with Gasteiger partial charge in [0.1, 0.15) is 0 Å². The number of aromatic nitrogens is 2. The van der Waals surface area contributed by atoms with E-state index in [0.29, 0.717) is 18.8 Å². The molecule has 0 radical (unpaired) electrons. The minimum absolute atomic E-state index is 0.0552. The molecule has 0 bridgehead atoms. The fourth-order valence-electron chi connectivity index (χ4n) is 3.89. The minimum Gasteiger partial charge on any atom is -0.436 e. The summed E-state index contributed by atoms with van der Waals surface area (Å²) in [5, 5.41) is 7.62. The summed E-state index contributed by atoms with van der Waals surface area (Å²) in [4.78, 5) is 12.4. The Morgan fingerprint density at radius 2 is 2.00 bits per heavy atom. The van der Waals surface area contributed by atoms with Crippen molar-refractivity contribution in [2.75, 3.05) is 13.2 Å². The number of nitrogens with one attached hydrogen (secondary N) is 1. The largest absolute Gasteiger partial charge is 0.436 e. The number of amides is 1. The molecular weight excluding hydrogens is 409 g/mol. The highest BCUT2D eigenvalue weighted by Gasteiger charge is 2.22.